The minimum atomic E-state index is -5.04. The molecule has 29 heavy (non-hydrogen) atoms. The Balaban J connectivity index is 2.45. The zero-order valence-corrected chi connectivity index (χ0v) is 15.2. The Kier molecular flexibility index (Phi) is 6.72. The number of carbonyl (C=O) groups excluding carboxylic acids is 1. The van der Waals surface area contributed by atoms with Crippen LogP contribution in [0, 0.1) is 0 Å². The molecule has 2 aromatic rings. The van der Waals surface area contributed by atoms with E-state index in [2.05, 4.69) is 4.98 Å². The molecule has 0 atom stereocenters. The van der Waals surface area contributed by atoms with Crippen LogP contribution in [0.1, 0.15) is 10.4 Å². The van der Waals surface area contributed by atoms with Crippen LogP contribution in [0.2, 0.25) is 0 Å². The number of amides is 1. The van der Waals surface area contributed by atoms with Crippen molar-refractivity contribution in [1.29, 1.82) is 0 Å². The van der Waals surface area contributed by atoms with Crippen LogP contribution >= 0.6 is 0 Å². The molecule has 156 valence electrons. The van der Waals surface area contributed by atoms with E-state index in [-0.39, 0.29) is 23.6 Å². The SMILES string of the molecule is COC(Cn1c(-c2ccc(NC(=O)C(F)(F)F)cc2)ncc(C(=O)O)c1=O)OC. The van der Waals surface area contributed by atoms with Crippen molar-refractivity contribution >= 4 is 17.6 Å². The number of ether oxygens (including phenoxy) is 2. The molecule has 0 aliphatic rings. The number of nitrogens with one attached hydrogen (secondary N) is 1. The van der Waals surface area contributed by atoms with Gasteiger partial charge in [0.05, 0.1) is 6.54 Å². The van der Waals surface area contributed by atoms with Gasteiger partial charge < -0.3 is 19.9 Å². The quantitative estimate of drug-likeness (QED) is 0.661. The van der Waals surface area contributed by atoms with Crippen LogP contribution in [0.15, 0.2) is 35.3 Å². The number of alkyl halides is 3. The van der Waals surface area contributed by atoms with E-state index in [4.69, 9.17) is 14.6 Å². The summed E-state index contributed by atoms with van der Waals surface area (Å²) in [5.74, 6) is -3.57. The van der Waals surface area contributed by atoms with Gasteiger partial charge in [-0.25, -0.2) is 9.78 Å². The van der Waals surface area contributed by atoms with Gasteiger partial charge in [-0.2, -0.15) is 13.2 Å². The van der Waals surface area contributed by atoms with Gasteiger partial charge in [0, 0.05) is 31.7 Å². The highest BCUT2D eigenvalue weighted by Crippen LogP contribution is 2.22. The van der Waals surface area contributed by atoms with Crippen molar-refractivity contribution < 1.29 is 37.3 Å². The van der Waals surface area contributed by atoms with E-state index < -0.39 is 35.5 Å². The number of aromatic nitrogens is 2. The number of hydrogen-bond acceptors (Lipinski definition) is 6. The summed E-state index contributed by atoms with van der Waals surface area (Å²) in [5.41, 5.74) is -1.28. The Morgan fingerprint density at radius 1 is 1.21 bits per heavy atom. The topological polar surface area (TPSA) is 120 Å². The molecule has 0 saturated heterocycles. The second-order valence-electron chi connectivity index (χ2n) is 5.65. The van der Waals surface area contributed by atoms with Gasteiger partial charge in [0.1, 0.15) is 11.4 Å². The van der Waals surface area contributed by atoms with Crippen molar-refractivity contribution in [3.63, 3.8) is 0 Å². The van der Waals surface area contributed by atoms with Crippen LogP contribution < -0.4 is 10.9 Å². The van der Waals surface area contributed by atoms with Gasteiger partial charge in [0.2, 0.25) is 0 Å². The number of anilines is 1. The van der Waals surface area contributed by atoms with Crippen LogP contribution in [-0.2, 0) is 20.8 Å². The predicted molar refractivity (Wildman–Crippen MR) is 93.4 cm³/mol. The Hall–Kier alpha value is -3.25. The molecule has 0 fully saturated rings. The first-order valence-electron chi connectivity index (χ1n) is 7.95. The lowest BCUT2D eigenvalue weighted by Gasteiger charge is -2.18. The van der Waals surface area contributed by atoms with E-state index in [1.54, 1.807) is 5.32 Å². The molecule has 0 bridgehead atoms. The lowest BCUT2D eigenvalue weighted by molar-refractivity contribution is -0.167. The highest BCUT2D eigenvalue weighted by atomic mass is 19.4. The lowest BCUT2D eigenvalue weighted by Crippen LogP contribution is -2.33. The molecule has 12 heteroatoms. The third-order valence-electron chi connectivity index (χ3n) is 3.79. The number of benzene rings is 1. The van der Waals surface area contributed by atoms with Gasteiger partial charge in [0.15, 0.2) is 6.29 Å². The normalized spacial score (nSPS) is 11.5. The molecule has 0 spiro atoms. The third-order valence-corrected chi connectivity index (χ3v) is 3.79. The molecule has 0 unspecified atom stereocenters. The minimum absolute atomic E-state index is 0.0350. The average Bonchev–Trinajstić information content (AvgIpc) is 2.66. The summed E-state index contributed by atoms with van der Waals surface area (Å²) >= 11 is 0. The molecule has 1 amide bonds. The number of carboxylic acids is 1. The van der Waals surface area contributed by atoms with E-state index in [0.29, 0.717) is 0 Å². The van der Waals surface area contributed by atoms with Crippen LogP contribution in [0.4, 0.5) is 18.9 Å². The summed E-state index contributed by atoms with van der Waals surface area (Å²) in [5, 5.41) is 10.8. The summed E-state index contributed by atoms with van der Waals surface area (Å²) in [6.45, 7) is -0.193. The zero-order valence-electron chi connectivity index (χ0n) is 15.2. The molecular formula is C17H16F3N3O6. The minimum Gasteiger partial charge on any atom is -0.477 e. The largest absolute Gasteiger partial charge is 0.477 e. The maximum Gasteiger partial charge on any atom is 0.471 e. The van der Waals surface area contributed by atoms with E-state index in [0.717, 1.165) is 10.8 Å². The third kappa shape index (κ3) is 5.18. The number of halogens is 3. The maximum absolute atomic E-state index is 12.5. The fourth-order valence-corrected chi connectivity index (χ4v) is 2.34. The number of rotatable bonds is 7. The summed E-state index contributed by atoms with van der Waals surface area (Å²) in [4.78, 5) is 38.8. The second kappa shape index (κ2) is 8.84. The summed E-state index contributed by atoms with van der Waals surface area (Å²) in [6, 6.07) is 5.01. The van der Waals surface area contributed by atoms with Crippen LogP contribution in [0.25, 0.3) is 11.4 Å². The van der Waals surface area contributed by atoms with Crippen molar-refractivity contribution in [1.82, 2.24) is 9.55 Å². The molecule has 1 aromatic heterocycles. The summed E-state index contributed by atoms with van der Waals surface area (Å²) in [7, 11) is 2.65. The highest BCUT2D eigenvalue weighted by molar-refractivity contribution is 5.95. The summed E-state index contributed by atoms with van der Waals surface area (Å²) < 4.78 is 48.1. The van der Waals surface area contributed by atoms with Crippen LogP contribution in [-0.4, -0.2) is 53.2 Å². The van der Waals surface area contributed by atoms with E-state index in [1.807, 2.05) is 0 Å². The molecule has 0 aliphatic carbocycles. The number of aromatic carboxylic acids is 1. The van der Waals surface area contributed by atoms with Crippen LogP contribution in [0.5, 0.6) is 0 Å². The Bertz CT molecular complexity index is 952. The molecule has 1 heterocycles. The smallest absolute Gasteiger partial charge is 0.471 e. The highest BCUT2D eigenvalue weighted by Gasteiger charge is 2.38. The predicted octanol–water partition coefficient (Wildman–Crippen LogP) is 1.73. The van der Waals surface area contributed by atoms with Crippen molar-refractivity contribution in [2.24, 2.45) is 0 Å². The van der Waals surface area contributed by atoms with Crippen molar-refractivity contribution in [3.05, 3.63) is 46.4 Å². The van der Waals surface area contributed by atoms with Crippen LogP contribution in [0.3, 0.4) is 0 Å². The zero-order chi connectivity index (χ0) is 21.8. The van der Waals surface area contributed by atoms with Crippen molar-refractivity contribution in [3.8, 4) is 11.4 Å². The number of carboxylic acid groups (broad SMARTS) is 1. The molecule has 9 nitrogen and oxygen atoms in total. The first kappa shape index (κ1) is 22.0. The Labute approximate surface area is 161 Å². The monoisotopic (exact) mass is 415 g/mol. The van der Waals surface area contributed by atoms with E-state index in [9.17, 15) is 27.6 Å². The molecule has 2 N–H and O–H groups in total. The van der Waals surface area contributed by atoms with E-state index in [1.165, 1.54) is 38.5 Å². The number of nitrogens with zero attached hydrogens (tertiary/aromatic N) is 2. The first-order chi connectivity index (χ1) is 13.6. The van der Waals surface area contributed by atoms with Gasteiger partial charge in [-0.1, -0.05) is 0 Å². The lowest BCUT2D eigenvalue weighted by atomic mass is 10.1. The fourth-order valence-electron chi connectivity index (χ4n) is 2.34. The maximum atomic E-state index is 12.5. The van der Waals surface area contributed by atoms with Gasteiger partial charge >= 0.3 is 18.1 Å². The second-order valence-corrected chi connectivity index (χ2v) is 5.65. The number of hydrogen-bond donors (Lipinski definition) is 2. The molecule has 0 radical (unpaired) electrons. The molecule has 1 aromatic carbocycles. The standard InChI is InChI=1S/C17H16F3N3O6/c1-28-12(29-2)8-23-13(21-7-11(14(23)24)15(25)26)9-3-5-10(6-4-9)22-16(27)17(18,19)20/h3-7,12H,8H2,1-2H3,(H,22,27)(H,25,26). The Morgan fingerprint density at radius 3 is 2.28 bits per heavy atom. The van der Waals surface area contributed by atoms with Gasteiger partial charge in [-0.05, 0) is 24.3 Å². The molecule has 2 rings (SSSR count). The number of methoxy groups -OCH3 is 2. The van der Waals surface area contributed by atoms with Crippen molar-refractivity contribution in [2.45, 2.75) is 19.0 Å². The number of carbonyl (C=O) groups is 2. The fraction of sp³-hybridized carbons (Fsp3) is 0.294. The molecule has 0 aliphatic heterocycles. The Morgan fingerprint density at radius 2 is 1.79 bits per heavy atom. The molecule has 0 saturated carbocycles. The van der Waals surface area contributed by atoms with Gasteiger partial charge in [-0.3, -0.25) is 14.2 Å². The summed E-state index contributed by atoms with van der Waals surface area (Å²) in [6.07, 6.45) is -5.05. The van der Waals surface area contributed by atoms with E-state index >= 15 is 0 Å². The average molecular weight is 415 g/mol. The van der Waals surface area contributed by atoms with Gasteiger partial charge in [0.25, 0.3) is 5.56 Å². The molecular weight excluding hydrogens is 399 g/mol. The van der Waals surface area contributed by atoms with Gasteiger partial charge in [-0.15, -0.1) is 0 Å². The van der Waals surface area contributed by atoms with Crippen molar-refractivity contribution in [2.75, 3.05) is 19.5 Å². The first-order valence-corrected chi connectivity index (χ1v) is 7.95.